The van der Waals surface area contributed by atoms with Crippen LogP contribution in [0.2, 0.25) is 0 Å². The Bertz CT molecular complexity index is 427. The first-order valence-corrected chi connectivity index (χ1v) is 7.09. The Morgan fingerprint density at radius 1 is 1.58 bits per heavy atom. The number of amides is 1. The van der Waals surface area contributed by atoms with Crippen molar-refractivity contribution in [1.29, 1.82) is 0 Å². The highest BCUT2D eigenvalue weighted by molar-refractivity contribution is 5.76. The molecule has 3 unspecified atom stereocenters. The highest BCUT2D eigenvalue weighted by Gasteiger charge is 2.36. The molecule has 0 spiro atoms. The molecule has 2 N–H and O–H groups in total. The summed E-state index contributed by atoms with van der Waals surface area (Å²) in [6, 6.07) is 4.04. The summed E-state index contributed by atoms with van der Waals surface area (Å²) in [6.45, 7) is 4.22. The number of aryl methyl sites for hydroxylation is 1. The fourth-order valence-corrected chi connectivity index (χ4v) is 2.30. The zero-order chi connectivity index (χ0) is 13.8. The quantitative estimate of drug-likeness (QED) is 0.794. The first-order valence-electron chi connectivity index (χ1n) is 7.09. The van der Waals surface area contributed by atoms with Gasteiger partial charge in [-0.25, -0.2) is 0 Å². The Morgan fingerprint density at radius 3 is 2.95 bits per heavy atom. The maximum atomic E-state index is 11.7. The summed E-state index contributed by atoms with van der Waals surface area (Å²) in [5, 5.41) is 11.6. The van der Waals surface area contributed by atoms with Gasteiger partial charge in [0.15, 0.2) is 0 Å². The van der Waals surface area contributed by atoms with Crippen molar-refractivity contribution in [1.82, 2.24) is 5.32 Å². The summed E-state index contributed by atoms with van der Waals surface area (Å²) in [6.07, 6.45) is 2.88. The van der Waals surface area contributed by atoms with Crippen molar-refractivity contribution in [2.45, 2.75) is 51.5 Å². The van der Waals surface area contributed by atoms with Crippen molar-refractivity contribution in [2.75, 3.05) is 6.61 Å². The van der Waals surface area contributed by atoms with Crippen molar-refractivity contribution < 1.29 is 14.3 Å². The van der Waals surface area contributed by atoms with Gasteiger partial charge in [0, 0.05) is 31.4 Å². The van der Waals surface area contributed by atoms with Gasteiger partial charge in [-0.05, 0) is 37.8 Å². The average Bonchev–Trinajstić information content (AvgIpc) is 2.91. The van der Waals surface area contributed by atoms with Crippen LogP contribution >= 0.6 is 0 Å². The van der Waals surface area contributed by atoms with Gasteiger partial charge in [0.05, 0.1) is 0 Å². The van der Waals surface area contributed by atoms with Crippen LogP contribution in [0.3, 0.4) is 0 Å². The van der Waals surface area contributed by atoms with E-state index in [9.17, 15) is 4.79 Å². The third-order valence-electron chi connectivity index (χ3n) is 3.73. The highest BCUT2D eigenvalue weighted by Crippen LogP contribution is 2.47. The van der Waals surface area contributed by atoms with E-state index in [1.54, 1.807) is 0 Å². The third-order valence-corrected chi connectivity index (χ3v) is 3.73. The molecule has 19 heavy (non-hydrogen) atoms. The van der Waals surface area contributed by atoms with Crippen molar-refractivity contribution >= 4 is 5.91 Å². The molecule has 4 heteroatoms. The van der Waals surface area contributed by atoms with Crippen LogP contribution in [-0.4, -0.2) is 23.7 Å². The van der Waals surface area contributed by atoms with E-state index in [2.05, 4.69) is 12.2 Å². The van der Waals surface area contributed by atoms with E-state index in [0.717, 1.165) is 17.4 Å². The molecule has 1 saturated carbocycles. The fraction of sp³-hybridized carbons (Fsp3) is 0.667. The molecule has 4 nitrogen and oxygen atoms in total. The van der Waals surface area contributed by atoms with E-state index in [0.29, 0.717) is 25.2 Å². The van der Waals surface area contributed by atoms with Gasteiger partial charge in [0.2, 0.25) is 5.91 Å². The Kier molecular flexibility index (Phi) is 4.64. The summed E-state index contributed by atoms with van der Waals surface area (Å²) in [5.41, 5.74) is 0. The number of aliphatic hydroxyl groups excluding tert-OH is 1. The van der Waals surface area contributed by atoms with E-state index in [-0.39, 0.29) is 18.6 Å². The topological polar surface area (TPSA) is 62.5 Å². The van der Waals surface area contributed by atoms with Gasteiger partial charge in [-0.1, -0.05) is 6.92 Å². The maximum Gasteiger partial charge on any atom is 0.220 e. The van der Waals surface area contributed by atoms with Gasteiger partial charge in [-0.2, -0.15) is 0 Å². The molecule has 1 heterocycles. The molecular formula is C15H23NO3. The van der Waals surface area contributed by atoms with Crippen molar-refractivity contribution in [2.24, 2.45) is 5.92 Å². The highest BCUT2D eigenvalue weighted by atomic mass is 16.3. The Hall–Kier alpha value is -1.29. The number of hydrogen-bond acceptors (Lipinski definition) is 3. The van der Waals surface area contributed by atoms with E-state index < -0.39 is 0 Å². The van der Waals surface area contributed by atoms with Crippen molar-refractivity contribution in [3.63, 3.8) is 0 Å². The summed E-state index contributed by atoms with van der Waals surface area (Å²) >= 11 is 0. The number of aliphatic hydroxyl groups is 1. The summed E-state index contributed by atoms with van der Waals surface area (Å²) in [7, 11) is 0. The molecule has 1 aliphatic carbocycles. The second kappa shape index (κ2) is 6.24. The SMILES string of the molecule is CC(CCO)NC(=O)CCc1ccc(C2CC2C)o1. The van der Waals surface area contributed by atoms with E-state index in [1.165, 1.54) is 6.42 Å². The van der Waals surface area contributed by atoms with Gasteiger partial charge < -0.3 is 14.8 Å². The largest absolute Gasteiger partial charge is 0.466 e. The zero-order valence-electron chi connectivity index (χ0n) is 11.7. The van der Waals surface area contributed by atoms with Crippen LogP contribution in [0.4, 0.5) is 0 Å². The van der Waals surface area contributed by atoms with Gasteiger partial charge >= 0.3 is 0 Å². The fourth-order valence-electron chi connectivity index (χ4n) is 2.30. The van der Waals surface area contributed by atoms with Crippen LogP contribution in [0.15, 0.2) is 16.5 Å². The van der Waals surface area contributed by atoms with Crippen LogP contribution < -0.4 is 5.32 Å². The molecule has 0 saturated heterocycles. The number of nitrogens with one attached hydrogen (secondary N) is 1. The van der Waals surface area contributed by atoms with Crippen molar-refractivity contribution in [3.8, 4) is 0 Å². The minimum Gasteiger partial charge on any atom is -0.466 e. The van der Waals surface area contributed by atoms with Crippen molar-refractivity contribution in [3.05, 3.63) is 23.7 Å². The molecule has 1 aromatic rings. The second-order valence-corrected chi connectivity index (χ2v) is 5.60. The molecule has 1 fully saturated rings. The first kappa shape index (κ1) is 14.1. The number of hydrogen-bond donors (Lipinski definition) is 2. The minimum absolute atomic E-state index is 0.0127. The van der Waals surface area contributed by atoms with E-state index >= 15 is 0 Å². The Balaban J connectivity index is 1.72. The molecule has 0 aromatic carbocycles. The number of carbonyl (C=O) groups is 1. The van der Waals surface area contributed by atoms with E-state index in [4.69, 9.17) is 9.52 Å². The van der Waals surface area contributed by atoms with Gasteiger partial charge in [-0.3, -0.25) is 4.79 Å². The number of rotatable bonds is 7. The standard InChI is InChI=1S/C15H23NO3/c1-10-9-13(10)14-5-3-12(19-14)4-6-15(18)16-11(2)7-8-17/h3,5,10-11,13,17H,4,6-9H2,1-2H3,(H,16,18). The molecule has 0 bridgehead atoms. The monoisotopic (exact) mass is 265 g/mol. The Morgan fingerprint density at radius 2 is 2.32 bits per heavy atom. The Labute approximate surface area is 114 Å². The van der Waals surface area contributed by atoms with Gasteiger partial charge in [0.25, 0.3) is 0 Å². The molecule has 2 rings (SSSR count). The second-order valence-electron chi connectivity index (χ2n) is 5.60. The lowest BCUT2D eigenvalue weighted by atomic mass is 10.2. The van der Waals surface area contributed by atoms with E-state index in [1.807, 2.05) is 19.1 Å². The average molecular weight is 265 g/mol. The molecule has 0 radical (unpaired) electrons. The molecular weight excluding hydrogens is 242 g/mol. The predicted octanol–water partition coefficient (Wildman–Crippen LogP) is 2.22. The predicted molar refractivity (Wildman–Crippen MR) is 72.9 cm³/mol. The number of furan rings is 1. The third kappa shape index (κ3) is 4.10. The van der Waals surface area contributed by atoms with Crippen LogP contribution in [-0.2, 0) is 11.2 Å². The zero-order valence-corrected chi connectivity index (χ0v) is 11.7. The first-order chi connectivity index (χ1) is 9.10. The molecule has 106 valence electrons. The van der Waals surface area contributed by atoms with Crippen LogP contribution in [0, 0.1) is 5.92 Å². The van der Waals surface area contributed by atoms with Crippen LogP contribution in [0.1, 0.15) is 50.5 Å². The summed E-state index contributed by atoms with van der Waals surface area (Å²) in [4.78, 5) is 11.7. The summed E-state index contributed by atoms with van der Waals surface area (Å²) < 4.78 is 5.76. The lowest BCUT2D eigenvalue weighted by Crippen LogP contribution is -2.33. The van der Waals surface area contributed by atoms with Crippen LogP contribution in [0.25, 0.3) is 0 Å². The lowest BCUT2D eigenvalue weighted by molar-refractivity contribution is -0.121. The van der Waals surface area contributed by atoms with Gasteiger partial charge in [-0.15, -0.1) is 0 Å². The molecule has 1 aliphatic rings. The maximum absolute atomic E-state index is 11.7. The summed E-state index contributed by atoms with van der Waals surface area (Å²) in [5.74, 6) is 3.29. The molecule has 3 atom stereocenters. The van der Waals surface area contributed by atoms with Crippen LogP contribution in [0.5, 0.6) is 0 Å². The normalized spacial score (nSPS) is 23.1. The minimum atomic E-state index is 0.0127. The number of carbonyl (C=O) groups excluding carboxylic acids is 1. The molecule has 0 aliphatic heterocycles. The molecule has 1 aromatic heterocycles. The van der Waals surface area contributed by atoms with Gasteiger partial charge in [0.1, 0.15) is 11.5 Å². The smallest absolute Gasteiger partial charge is 0.220 e. The lowest BCUT2D eigenvalue weighted by Gasteiger charge is -2.11. The molecule has 1 amide bonds.